The van der Waals surface area contributed by atoms with E-state index in [-0.39, 0.29) is 5.41 Å². The molecule has 5 nitrogen and oxygen atoms in total. The number of anilines is 3. The van der Waals surface area contributed by atoms with Crippen molar-refractivity contribution in [1.29, 1.82) is 0 Å². The van der Waals surface area contributed by atoms with E-state index in [4.69, 9.17) is 0 Å². The van der Waals surface area contributed by atoms with Gasteiger partial charge >= 0.3 is 11.8 Å². The Bertz CT molecular complexity index is 849. The molecular weight excluding hydrogens is 350 g/mol. The zero-order chi connectivity index (χ0) is 20.9. The monoisotopic (exact) mass is 381 g/mol. The summed E-state index contributed by atoms with van der Waals surface area (Å²) in [6.07, 6.45) is 0. The number of carbonyl (C=O) groups is 2. The number of aryl methyl sites for hydroxylation is 1. The minimum absolute atomic E-state index is 0.142. The van der Waals surface area contributed by atoms with Crippen LogP contribution in [0.15, 0.2) is 42.5 Å². The lowest BCUT2D eigenvalue weighted by molar-refractivity contribution is -0.133. The van der Waals surface area contributed by atoms with Crippen LogP contribution in [0.5, 0.6) is 0 Å². The Hall–Kier alpha value is -2.82. The highest BCUT2D eigenvalue weighted by Gasteiger charge is 2.21. The molecule has 150 valence electrons. The molecule has 2 aromatic carbocycles. The fraction of sp³-hybridized carbons (Fsp3) is 0.391. The first-order chi connectivity index (χ1) is 13.2. The molecule has 0 unspecified atom stereocenters. The van der Waals surface area contributed by atoms with E-state index in [1.165, 1.54) is 0 Å². The van der Waals surface area contributed by atoms with Crippen LogP contribution in [-0.4, -0.2) is 24.9 Å². The third-order valence-corrected chi connectivity index (χ3v) is 4.78. The summed E-state index contributed by atoms with van der Waals surface area (Å²) >= 11 is 0. The van der Waals surface area contributed by atoms with Gasteiger partial charge in [-0.05, 0) is 61.6 Å². The third kappa shape index (κ3) is 5.12. The molecule has 0 bridgehead atoms. The molecule has 0 aliphatic heterocycles. The van der Waals surface area contributed by atoms with E-state index >= 15 is 0 Å². The highest BCUT2D eigenvalue weighted by Crippen LogP contribution is 2.29. The van der Waals surface area contributed by atoms with Gasteiger partial charge in [-0.2, -0.15) is 0 Å². The van der Waals surface area contributed by atoms with Gasteiger partial charge in [-0.3, -0.25) is 9.59 Å². The minimum atomic E-state index is -0.678. The number of carbonyl (C=O) groups excluding carboxylic acids is 2. The Balaban J connectivity index is 2.13. The molecule has 0 radical (unpaired) electrons. The van der Waals surface area contributed by atoms with E-state index < -0.39 is 11.8 Å². The highest BCUT2D eigenvalue weighted by atomic mass is 16.2. The van der Waals surface area contributed by atoms with Crippen molar-refractivity contribution in [2.45, 2.75) is 47.0 Å². The third-order valence-electron chi connectivity index (χ3n) is 4.78. The van der Waals surface area contributed by atoms with Crippen molar-refractivity contribution in [3.05, 3.63) is 53.6 Å². The standard InChI is InChI=1S/C23H31N3O2/c1-7-26(8-2)17-13-14-19(16(3)15-17)24-21(27)22(28)25-20-12-10-9-11-18(20)23(4,5)6/h9-15H,7-8H2,1-6H3,(H,24,27)(H,25,28). The van der Waals surface area contributed by atoms with E-state index in [0.717, 1.165) is 29.9 Å². The van der Waals surface area contributed by atoms with Crippen molar-refractivity contribution in [3.8, 4) is 0 Å². The normalized spacial score (nSPS) is 11.1. The molecule has 0 fully saturated rings. The highest BCUT2D eigenvalue weighted by molar-refractivity contribution is 6.43. The van der Waals surface area contributed by atoms with Crippen LogP contribution in [0.4, 0.5) is 17.1 Å². The zero-order valence-electron chi connectivity index (χ0n) is 17.7. The van der Waals surface area contributed by atoms with Crippen molar-refractivity contribution in [3.63, 3.8) is 0 Å². The van der Waals surface area contributed by atoms with E-state index in [2.05, 4.69) is 50.2 Å². The van der Waals surface area contributed by atoms with Crippen molar-refractivity contribution in [1.82, 2.24) is 0 Å². The van der Waals surface area contributed by atoms with Gasteiger partial charge in [0.25, 0.3) is 0 Å². The van der Waals surface area contributed by atoms with Crippen LogP contribution in [0, 0.1) is 6.92 Å². The molecule has 2 N–H and O–H groups in total. The van der Waals surface area contributed by atoms with Crippen LogP contribution < -0.4 is 15.5 Å². The molecule has 2 amide bonds. The molecule has 0 heterocycles. The van der Waals surface area contributed by atoms with E-state index in [1.807, 2.05) is 49.4 Å². The maximum Gasteiger partial charge on any atom is 0.314 e. The van der Waals surface area contributed by atoms with Gasteiger partial charge in [-0.25, -0.2) is 0 Å². The van der Waals surface area contributed by atoms with Gasteiger partial charge in [-0.1, -0.05) is 39.0 Å². The summed E-state index contributed by atoms with van der Waals surface area (Å²) in [5, 5.41) is 5.47. The molecule has 0 saturated carbocycles. The Morgan fingerprint density at radius 2 is 1.46 bits per heavy atom. The lowest BCUT2D eigenvalue weighted by atomic mass is 9.86. The van der Waals surface area contributed by atoms with Crippen molar-refractivity contribution >= 4 is 28.9 Å². The summed E-state index contributed by atoms with van der Waals surface area (Å²) in [6, 6.07) is 13.4. The summed E-state index contributed by atoms with van der Waals surface area (Å²) in [4.78, 5) is 27.1. The van der Waals surface area contributed by atoms with Crippen molar-refractivity contribution in [2.75, 3.05) is 28.6 Å². The number of hydrogen-bond donors (Lipinski definition) is 2. The average molecular weight is 382 g/mol. The number of amides is 2. The molecule has 2 rings (SSSR count). The van der Waals surface area contributed by atoms with Crippen LogP contribution in [0.3, 0.4) is 0 Å². The molecule has 28 heavy (non-hydrogen) atoms. The predicted octanol–water partition coefficient (Wildman–Crippen LogP) is 4.72. The van der Waals surface area contributed by atoms with Gasteiger partial charge in [0.15, 0.2) is 0 Å². The smallest absolute Gasteiger partial charge is 0.314 e. The first-order valence-corrected chi connectivity index (χ1v) is 9.74. The van der Waals surface area contributed by atoms with E-state index in [9.17, 15) is 9.59 Å². The summed E-state index contributed by atoms with van der Waals surface area (Å²) in [5.74, 6) is -1.36. The molecule has 2 aromatic rings. The number of hydrogen-bond acceptors (Lipinski definition) is 3. The van der Waals surface area contributed by atoms with Gasteiger partial charge in [-0.15, -0.1) is 0 Å². The number of nitrogens with one attached hydrogen (secondary N) is 2. The van der Waals surface area contributed by atoms with Gasteiger partial charge in [0.05, 0.1) is 0 Å². The summed E-state index contributed by atoms with van der Waals surface area (Å²) in [7, 11) is 0. The molecular formula is C23H31N3O2. The second-order valence-corrected chi connectivity index (χ2v) is 7.88. The Morgan fingerprint density at radius 3 is 2.00 bits per heavy atom. The SMILES string of the molecule is CCN(CC)c1ccc(NC(=O)C(=O)Nc2ccccc2C(C)(C)C)c(C)c1. The van der Waals surface area contributed by atoms with E-state index in [1.54, 1.807) is 0 Å². The Kier molecular flexibility index (Phi) is 6.84. The summed E-state index contributed by atoms with van der Waals surface area (Å²) in [6.45, 7) is 14.2. The number of nitrogens with zero attached hydrogens (tertiary/aromatic N) is 1. The van der Waals surface area contributed by atoms with Gasteiger partial charge in [0.2, 0.25) is 0 Å². The molecule has 0 aliphatic rings. The summed E-state index contributed by atoms with van der Waals surface area (Å²) < 4.78 is 0. The number of para-hydroxylation sites is 1. The minimum Gasteiger partial charge on any atom is -0.372 e. The molecule has 0 spiro atoms. The summed E-state index contributed by atoms with van der Waals surface area (Å²) in [5.41, 5.74) is 4.15. The number of rotatable bonds is 5. The second kappa shape index (κ2) is 8.91. The van der Waals surface area contributed by atoms with Crippen LogP contribution in [-0.2, 0) is 15.0 Å². The topological polar surface area (TPSA) is 61.4 Å². The molecule has 0 aliphatic carbocycles. The fourth-order valence-electron chi connectivity index (χ4n) is 3.18. The van der Waals surface area contributed by atoms with Crippen LogP contribution in [0.1, 0.15) is 45.7 Å². The Morgan fingerprint density at radius 1 is 0.893 bits per heavy atom. The predicted molar refractivity (Wildman–Crippen MR) is 117 cm³/mol. The quantitative estimate of drug-likeness (QED) is 0.737. The van der Waals surface area contributed by atoms with Gasteiger partial charge < -0.3 is 15.5 Å². The lowest BCUT2D eigenvalue weighted by Gasteiger charge is -2.23. The maximum atomic E-state index is 12.4. The van der Waals surface area contributed by atoms with Gasteiger partial charge in [0.1, 0.15) is 0 Å². The van der Waals surface area contributed by atoms with Gasteiger partial charge in [0, 0.05) is 30.2 Å². The molecule has 0 atom stereocenters. The first-order valence-electron chi connectivity index (χ1n) is 9.74. The Labute approximate surface area is 168 Å². The molecule has 0 aromatic heterocycles. The van der Waals surface area contributed by atoms with Crippen LogP contribution in [0.2, 0.25) is 0 Å². The first kappa shape index (κ1) is 21.5. The molecule has 5 heteroatoms. The van der Waals surface area contributed by atoms with Crippen LogP contribution >= 0.6 is 0 Å². The number of benzene rings is 2. The lowest BCUT2D eigenvalue weighted by Crippen LogP contribution is -2.30. The van der Waals surface area contributed by atoms with Crippen molar-refractivity contribution in [2.24, 2.45) is 0 Å². The van der Waals surface area contributed by atoms with E-state index in [0.29, 0.717) is 11.4 Å². The zero-order valence-corrected chi connectivity index (χ0v) is 17.7. The largest absolute Gasteiger partial charge is 0.372 e. The average Bonchev–Trinajstić information content (AvgIpc) is 2.64. The fourth-order valence-corrected chi connectivity index (χ4v) is 3.18. The molecule has 0 saturated heterocycles. The second-order valence-electron chi connectivity index (χ2n) is 7.88. The van der Waals surface area contributed by atoms with Crippen molar-refractivity contribution < 1.29 is 9.59 Å². The maximum absolute atomic E-state index is 12.4. The van der Waals surface area contributed by atoms with Crippen LogP contribution in [0.25, 0.3) is 0 Å².